The van der Waals surface area contributed by atoms with Gasteiger partial charge in [0.2, 0.25) is 5.70 Å². The Bertz CT molecular complexity index is 540. The highest BCUT2D eigenvalue weighted by molar-refractivity contribution is 6.32. The van der Waals surface area contributed by atoms with Crippen molar-refractivity contribution in [3.05, 3.63) is 38.5 Å². The SMILES string of the molecule is CC(C)/C(=C/c1cc(Cl)c2c(c1)OCCO2)[N+](=O)[O-]. The molecule has 102 valence electrons. The van der Waals surface area contributed by atoms with Gasteiger partial charge in [-0.15, -0.1) is 0 Å². The van der Waals surface area contributed by atoms with Crippen LogP contribution in [0.2, 0.25) is 5.02 Å². The molecule has 19 heavy (non-hydrogen) atoms. The molecule has 1 aromatic rings. The Morgan fingerprint density at radius 2 is 2.11 bits per heavy atom. The Morgan fingerprint density at radius 3 is 2.74 bits per heavy atom. The minimum Gasteiger partial charge on any atom is -0.486 e. The van der Waals surface area contributed by atoms with E-state index < -0.39 is 0 Å². The van der Waals surface area contributed by atoms with Crippen LogP contribution >= 0.6 is 11.6 Å². The van der Waals surface area contributed by atoms with Gasteiger partial charge in [0, 0.05) is 12.0 Å². The largest absolute Gasteiger partial charge is 0.486 e. The molecule has 0 unspecified atom stereocenters. The number of halogens is 1. The highest BCUT2D eigenvalue weighted by Crippen LogP contribution is 2.39. The number of fused-ring (bicyclic) bond motifs is 1. The molecule has 0 atom stereocenters. The van der Waals surface area contributed by atoms with Crippen molar-refractivity contribution in [3.63, 3.8) is 0 Å². The Labute approximate surface area is 115 Å². The minimum absolute atomic E-state index is 0.132. The highest BCUT2D eigenvalue weighted by Gasteiger charge is 2.19. The fourth-order valence-electron chi connectivity index (χ4n) is 1.82. The molecule has 1 aromatic carbocycles. The van der Waals surface area contributed by atoms with Crippen LogP contribution in [0.25, 0.3) is 6.08 Å². The number of hydrogen-bond acceptors (Lipinski definition) is 4. The topological polar surface area (TPSA) is 61.6 Å². The third kappa shape index (κ3) is 2.98. The smallest absolute Gasteiger partial charge is 0.249 e. The molecule has 0 bridgehead atoms. The van der Waals surface area contributed by atoms with Crippen molar-refractivity contribution in [1.29, 1.82) is 0 Å². The molecule has 0 radical (unpaired) electrons. The van der Waals surface area contributed by atoms with Gasteiger partial charge in [0.1, 0.15) is 13.2 Å². The van der Waals surface area contributed by atoms with Gasteiger partial charge in [-0.25, -0.2) is 0 Å². The molecule has 0 amide bonds. The van der Waals surface area contributed by atoms with E-state index in [1.807, 2.05) is 0 Å². The number of hydrogen-bond donors (Lipinski definition) is 0. The maximum atomic E-state index is 11.0. The fraction of sp³-hybridized carbons (Fsp3) is 0.385. The second kappa shape index (κ2) is 5.48. The second-order valence-electron chi connectivity index (χ2n) is 4.51. The van der Waals surface area contributed by atoms with Crippen molar-refractivity contribution in [2.24, 2.45) is 5.92 Å². The molecule has 0 aliphatic carbocycles. The van der Waals surface area contributed by atoms with Gasteiger partial charge >= 0.3 is 0 Å². The van der Waals surface area contributed by atoms with E-state index in [9.17, 15) is 10.1 Å². The molecule has 6 heteroatoms. The van der Waals surface area contributed by atoms with Gasteiger partial charge in [-0.2, -0.15) is 0 Å². The number of benzene rings is 1. The molecule has 0 spiro atoms. The molecular formula is C13H14ClNO4. The van der Waals surface area contributed by atoms with E-state index in [2.05, 4.69) is 0 Å². The summed E-state index contributed by atoms with van der Waals surface area (Å²) >= 11 is 6.09. The van der Waals surface area contributed by atoms with Crippen molar-refractivity contribution in [2.45, 2.75) is 13.8 Å². The highest BCUT2D eigenvalue weighted by atomic mass is 35.5. The van der Waals surface area contributed by atoms with E-state index >= 15 is 0 Å². The van der Waals surface area contributed by atoms with E-state index in [0.29, 0.717) is 35.3 Å². The van der Waals surface area contributed by atoms with Crippen LogP contribution in [0.1, 0.15) is 19.4 Å². The van der Waals surface area contributed by atoms with Crippen LogP contribution in [0, 0.1) is 16.0 Å². The summed E-state index contributed by atoms with van der Waals surface area (Å²) in [5.41, 5.74) is 0.766. The van der Waals surface area contributed by atoms with Gasteiger partial charge in [0.25, 0.3) is 0 Å². The van der Waals surface area contributed by atoms with E-state index in [-0.39, 0.29) is 16.5 Å². The summed E-state index contributed by atoms with van der Waals surface area (Å²) < 4.78 is 10.8. The lowest BCUT2D eigenvalue weighted by molar-refractivity contribution is -0.431. The zero-order valence-corrected chi connectivity index (χ0v) is 11.4. The van der Waals surface area contributed by atoms with Crippen LogP contribution < -0.4 is 9.47 Å². The molecule has 0 aromatic heterocycles. The first-order valence-corrected chi connectivity index (χ1v) is 6.32. The number of rotatable bonds is 3. The number of allylic oxidation sites excluding steroid dienone is 1. The van der Waals surface area contributed by atoms with Crippen molar-refractivity contribution in [2.75, 3.05) is 13.2 Å². The van der Waals surface area contributed by atoms with E-state index in [1.165, 1.54) is 6.08 Å². The van der Waals surface area contributed by atoms with Crippen LogP contribution in [0.15, 0.2) is 17.8 Å². The summed E-state index contributed by atoms with van der Waals surface area (Å²) in [6, 6.07) is 3.34. The molecule has 0 saturated heterocycles. The molecular weight excluding hydrogens is 270 g/mol. The van der Waals surface area contributed by atoms with E-state index in [4.69, 9.17) is 21.1 Å². The first kappa shape index (κ1) is 13.7. The maximum absolute atomic E-state index is 11.0. The monoisotopic (exact) mass is 283 g/mol. The van der Waals surface area contributed by atoms with E-state index in [0.717, 1.165) is 0 Å². The lowest BCUT2D eigenvalue weighted by atomic mass is 10.1. The summed E-state index contributed by atoms with van der Waals surface area (Å²) in [6.45, 7) is 4.44. The average Bonchev–Trinajstić information content (AvgIpc) is 2.35. The van der Waals surface area contributed by atoms with Crippen molar-refractivity contribution >= 4 is 17.7 Å². The Hall–Kier alpha value is -1.75. The van der Waals surface area contributed by atoms with Crippen LogP contribution in [0.3, 0.4) is 0 Å². The molecule has 0 saturated carbocycles. The Kier molecular flexibility index (Phi) is 3.95. The predicted octanol–water partition coefficient (Wildman–Crippen LogP) is 3.38. The lowest BCUT2D eigenvalue weighted by Gasteiger charge is -2.19. The number of ether oxygens (including phenoxy) is 2. The third-order valence-electron chi connectivity index (χ3n) is 2.74. The van der Waals surface area contributed by atoms with Gasteiger partial charge in [-0.05, 0) is 17.7 Å². The predicted molar refractivity (Wildman–Crippen MR) is 72.3 cm³/mol. The molecule has 1 aliphatic rings. The summed E-state index contributed by atoms with van der Waals surface area (Å²) in [5.74, 6) is 0.843. The number of nitro groups is 1. The van der Waals surface area contributed by atoms with Crippen LogP contribution in [0.5, 0.6) is 11.5 Å². The molecule has 0 N–H and O–H groups in total. The van der Waals surface area contributed by atoms with Gasteiger partial charge in [0.15, 0.2) is 11.5 Å². The third-order valence-corrected chi connectivity index (χ3v) is 3.02. The van der Waals surface area contributed by atoms with Gasteiger partial charge in [-0.3, -0.25) is 10.1 Å². The first-order valence-electron chi connectivity index (χ1n) is 5.94. The van der Waals surface area contributed by atoms with Crippen LogP contribution in [-0.4, -0.2) is 18.1 Å². The van der Waals surface area contributed by atoms with Crippen molar-refractivity contribution in [1.82, 2.24) is 0 Å². The summed E-state index contributed by atoms with van der Waals surface area (Å²) in [4.78, 5) is 10.6. The Balaban J connectivity index is 2.43. The average molecular weight is 284 g/mol. The molecule has 0 fully saturated rings. The Morgan fingerprint density at radius 1 is 1.42 bits per heavy atom. The maximum Gasteiger partial charge on any atom is 0.249 e. The first-order chi connectivity index (χ1) is 8.99. The van der Waals surface area contributed by atoms with Gasteiger partial charge in [0.05, 0.1) is 9.95 Å². The van der Waals surface area contributed by atoms with Crippen molar-refractivity contribution in [3.8, 4) is 11.5 Å². The van der Waals surface area contributed by atoms with Gasteiger partial charge in [-0.1, -0.05) is 25.4 Å². The summed E-state index contributed by atoms with van der Waals surface area (Å²) in [7, 11) is 0. The lowest BCUT2D eigenvalue weighted by Crippen LogP contribution is -2.15. The minimum atomic E-state index is -0.380. The molecule has 2 rings (SSSR count). The van der Waals surface area contributed by atoms with Crippen LogP contribution in [-0.2, 0) is 0 Å². The zero-order chi connectivity index (χ0) is 14.0. The number of nitrogens with zero attached hydrogens (tertiary/aromatic N) is 1. The fourth-order valence-corrected chi connectivity index (χ4v) is 2.09. The summed E-state index contributed by atoms with van der Waals surface area (Å²) in [6.07, 6.45) is 1.51. The van der Waals surface area contributed by atoms with Gasteiger partial charge < -0.3 is 9.47 Å². The summed E-state index contributed by atoms with van der Waals surface area (Å²) in [5, 5.41) is 11.4. The quantitative estimate of drug-likeness (QED) is 0.630. The van der Waals surface area contributed by atoms with Crippen LogP contribution in [0.4, 0.5) is 0 Å². The molecule has 1 aliphatic heterocycles. The van der Waals surface area contributed by atoms with E-state index in [1.54, 1.807) is 26.0 Å². The van der Waals surface area contributed by atoms with Crippen molar-refractivity contribution < 1.29 is 14.4 Å². The molecule has 1 heterocycles. The second-order valence-corrected chi connectivity index (χ2v) is 4.92. The zero-order valence-electron chi connectivity index (χ0n) is 10.7. The normalized spacial score (nSPS) is 14.6. The molecule has 5 nitrogen and oxygen atoms in total. The standard InChI is InChI=1S/C13H14ClNO4/c1-8(2)11(15(16)17)6-9-5-10(14)13-12(7-9)18-3-4-19-13/h5-8H,3-4H2,1-2H3/b11-6-.